The molecule has 1 heterocycles. The largest absolute Gasteiger partial charge is 0.395 e. The number of hydrogen-bond donors (Lipinski definition) is 1. The third-order valence-corrected chi connectivity index (χ3v) is 3.85. The van der Waals surface area contributed by atoms with Gasteiger partial charge in [-0.2, -0.15) is 0 Å². The molecule has 2 rings (SSSR count). The van der Waals surface area contributed by atoms with Gasteiger partial charge in [0, 0.05) is 44.8 Å². The van der Waals surface area contributed by atoms with Crippen LogP contribution in [-0.4, -0.2) is 67.5 Å². The summed E-state index contributed by atoms with van der Waals surface area (Å²) in [6.07, 6.45) is 0. The minimum atomic E-state index is -0.171. The first-order valence-electron chi connectivity index (χ1n) is 7.57. The second kappa shape index (κ2) is 8.44. The van der Waals surface area contributed by atoms with Crippen molar-refractivity contribution in [1.82, 2.24) is 9.80 Å². The van der Waals surface area contributed by atoms with Gasteiger partial charge in [0.1, 0.15) is 5.82 Å². The van der Waals surface area contributed by atoms with Gasteiger partial charge in [0.15, 0.2) is 0 Å². The van der Waals surface area contributed by atoms with Gasteiger partial charge in [0.05, 0.1) is 19.8 Å². The molecule has 1 aromatic carbocycles. The number of aliphatic hydroxyl groups is 1. The van der Waals surface area contributed by atoms with Crippen LogP contribution in [0.15, 0.2) is 18.2 Å². The number of nitrogens with zero attached hydrogens (tertiary/aromatic N) is 2. The Bertz CT molecular complexity index is 436. The predicted octanol–water partition coefficient (Wildman–Crippen LogP) is 1.26. The molecule has 0 saturated carbocycles. The smallest absolute Gasteiger partial charge is 0.127 e. The monoisotopic (exact) mass is 296 g/mol. The second-order valence-corrected chi connectivity index (χ2v) is 5.55. The van der Waals surface area contributed by atoms with E-state index in [0.29, 0.717) is 18.7 Å². The number of aliphatic hydroxyl groups excluding tert-OH is 1. The second-order valence-electron chi connectivity index (χ2n) is 5.55. The Morgan fingerprint density at radius 2 is 2.05 bits per heavy atom. The molecular weight excluding hydrogens is 271 g/mol. The lowest BCUT2D eigenvalue weighted by Gasteiger charge is -2.30. The van der Waals surface area contributed by atoms with Gasteiger partial charge in [-0.1, -0.05) is 17.7 Å². The van der Waals surface area contributed by atoms with Crippen molar-refractivity contribution in [3.8, 4) is 0 Å². The Balaban J connectivity index is 1.89. The van der Waals surface area contributed by atoms with Crippen molar-refractivity contribution in [3.05, 3.63) is 35.1 Å². The van der Waals surface area contributed by atoms with Crippen molar-refractivity contribution in [1.29, 1.82) is 0 Å². The molecule has 118 valence electrons. The summed E-state index contributed by atoms with van der Waals surface area (Å²) < 4.78 is 19.2. The van der Waals surface area contributed by atoms with E-state index >= 15 is 0 Å². The van der Waals surface area contributed by atoms with Crippen molar-refractivity contribution in [2.75, 3.05) is 52.5 Å². The summed E-state index contributed by atoms with van der Waals surface area (Å²) in [6.45, 7) is 8.39. The number of morpholine rings is 1. The van der Waals surface area contributed by atoms with E-state index in [4.69, 9.17) is 4.74 Å². The summed E-state index contributed by atoms with van der Waals surface area (Å²) in [6, 6.07) is 5.18. The van der Waals surface area contributed by atoms with Crippen LogP contribution in [0.25, 0.3) is 0 Å². The summed E-state index contributed by atoms with van der Waals surface area (Å²) in [5.74, 6) is -0.171. The lowest BCUT2D eigenvalue weighted by Crippen LogP contribution is -2.42. The SMILES string of the molecule is Cc1ccc(F)c(CN(CCO)CCN2CCOCC2)c1. The first-order chi connectivity index (χ1) is 10.2. The van der Waals surface area contributed by atoms with Crippen LogP contribution in [0, 0.1) is 12.7 Å². The van der Waals surface area contributed by atoms with E-state index in [2.05, 4.69) is 9.80 Å². The molecule has 0 radical (unpaired) electrons. The van der Waals surface area contributed by atoms with Crippen LogP contribution in [-0.2, 0) is 11.3 Å². The highest BCUT2D eigenvalue weighted by atomic mass is 19.1. The third-order valence-electron chi connectivity index (χ3n) is 3.85. The van der Waals surface area contributed by atoms with Crippen LogP contribution in [0.1, 0.15) is 11.1 Å². The summed E-state index contributed by atoms with van der Waals surface area (Å²) in [4.78, 5) is 4.45. The lowest BCUT2D eigenvalue weighted by molar-refractivity contribution is 0.0319. The molecular formula is C16H25FN2O2. The highest BCUT2D eigenvalue weighted by Gasteiger charge is 2.14. The van der Waals surface area contributed by atoms with Gasteiger partial charge in [0.2, 0.25) is 0 Å². The van der Waals surface area contributed by atoms with Crippen molar-refractivity contribution < 1.29 is 14.2 Å². The normalized spacial score (nSPS) is 16.6. The summed E-state index contributed by atoms with van der Waals surface area (Å²) >= 11 is 0. The van der Waals surface area contributed by atoms with Crippen LogP contribution < -0.4 is 0 Å². The van der Waals surface area contributed by atoms with Gasteiger partial charge in [-0.15, -0.1) is 0 Å². The van der Waals surface area contributed by atoms with Crippen molar-refractivity contribution in [2.24, 2.45) is 0 Å². The van der Waals surface area contributed by atoms with Gasteiger partial charge < -0.3 is 9.84 Å². The molecule has 0 atom stereocenters. The fourth-order valence-electron chi connectivity index (χ4n) is 2.58. The molecule has 1 aliphatic heterocycles. The Morgan fingerprint density at radius 1 is 1.29 bits per heavy atom. The predicted molar refractivity (Wildman–Crippen MR) is 80.8 cm³/mol. The van der Waals surface area contributed by atoms with Crippen LogP contribution in [0.3, 0.4) is 0 Å². The molecule has 0 aliphatic carbocycles. The average Bonchev–Trinajstić information content (AvgIpc) is 2.50. The maximum Gasteiger partial charge on any atom is 0.127 e. The molecule has 21 heavy (non-hydrogen) atoms. The van der Waals surface area contributed by atoms with E-state index < -0.39 is 0 Å². The first-order valence-corrected chi connectivity index (χ1v) is 7.57. The molecule has 0 aromatic heterocycles. The molecule has 5 heteroatoms. The molecule has 1 N–H and O–H groups in total. The van der Waals surface area contributed by atoms with Crippen LogP contribution in [0.4, 0.5) is 4.39 Å². The third kappa shape index (κ3) is 5.36. The summed E-state index contributed by atoms with van der Waals surface area (Å²) in [7, 11) is 0. The Kier molecular flexibility index (Phi) is 6.57. The number of hydrogen-bond acceptors (Lipinski definition) is 4. The molecule has 0 unspecified atom stereocenters. The fourth-order valence-corrected chi connectivity index (χ4v) is 2.58. The standard InChI is InChI=1S/C16H25FN2O2/c1-14-2-3-16(17)15(12-14)13-19(6-9-20)5-4-18-7-10-21-11-8-18/h2-3,12,20H,4-11,13H2,1H3. The highest BCUT2D eigenvalue weighted by Crippen LogP contribution is 2.13. The van der Waals surface area contributed by atoms with E-state index in [0.717, 1.165) is 45.0 Å². The van der Waals surface area contributed by atoms with E-state index in [9.17, 15) is 9.50 Å². The van der Waals surface area contributed by atoms with E-state index in [1.54, 1.807) is 6.07 Å². The first kappa shape index (κ1) is 16.4. The molecule has 1 saturated heterocycles. The summed E-state index contributed by atoms with van der Waals surface area (Å²) in [5, 5.41) is 9.21. The average molecular weight is 296 g/mol. The molecule has 1 aromatic rings. The molecule has 0 amide bonds. The van der Waals surface area contributed by atoms with Crippen molar-refractivity contribution in [2.45, 2.75) is 13.5 Å². The van der Waals surface area contributed by atoms with E-state index in [1.165, 1.54) is 6.07 Å². The quantitative estimate of drug-likeness (QED) is 0.822. The van der Waals surface area contributed by atoms with Gasteiger partial charge in [0.25, 0.3) is 0 Å². The minimum Gasteiger partial charge on any atom is -0.395 e. The molecule has 0 spiro atoms. The molecule has 0 bridgehead atoms. The van der Waals surface area contributed by atoms with E-state index in [1.807, 2.05) is 13.0 Å². The van der Waals surface area contributed by atoms with Crippen LogP contribution in [0.5, 0.6) is 0 Å². The molecule has 1 fully saturated rings. The fraction of sp³-hybridized carbons (Fsp3) is 0.625. The Labute approximate surface area is 126 Å². The zero-order valence-corrected chi connectivity index (χ0v) is 12.7. The van der Waals surface area contributed by atoms with Crippen molar-refractivity contribution >= 4 is 0 Å². The minimum absolute atomic E-state index is 0.0938. The number of rotatable bonds is 7. The number of ether oxygens (including phenoxy) is 1. The topological polar surface area (TPSA) is 35.9 Å². The lowest BCUT2D eigenvalue weighted by atomic mass is 10.1. The zero-order chi connectivity index (χ0) is 15.1. The summed E-state index contributed by atoms with van der Waals surface area (Å²) in [5.41, 5.74) is 1.76. The highest BCUT2D eigenvalue weighted by molar-refractivity contribution is 5.23. The zero-order valence-electron chi connectivity index (χ0n) is 12.7. The van der Waals surface area contributed by atoms with Crippen molar-refractivity contribution in [3.63, 3.8) is 0 Å². The van der Waals surface area contributed by atoms with Gasteiger partial charge in [-0.05, 0) is 13.0 Å². The number of halogens is 1. The molecule has 4 nitrogen and oxygen atoms in total. The number of aryl methyl sites for hydroxylation is 1. The van der Waals surface area contributed by atoms with E-state index in [-0.39, 0.29) is 12.4 Å². The van der Waals surface area contributed by atoms with Gasteiger partial charge in [-0.25, -0.2) is 4.39 Å². The maximum absolute atomic E-state index is 13.8. The van der Waals surface area contributed by atoms with Gasteiger partial charge in [-0.3, -0.25) is 9.80 Å². The number of benzene rings is 1. The molecule has 1 aliphatic rings. The van der Waals surface area contributed by atoms with Crippen LogP contribution in [0.2, 0.25) is 0 Å². The van der Waals surface area contributed by atoms with Gasteiger partial charge >= 0.3 is 0 Å². The Morgan fingerprint density at radius 3 is 2.76 bits per heavy atom. The Hall–Kier alpha value is -1.01. The maximum atomic E-state index is 13.8. The van der Waals surface area contributed by atoms with Crippen LogP contribution >= 0.6 is 0 Å².